The number of halogens is 3. The summed E-state index contributed by atoms with van der Waals surface area (Å²) in [5.74, 6) is -0.443. The molecule has 0 aliphatic carbocycles. The van der Waals surface area contributed by atoms with Crippen molar-refractivity contribution in [3.8, 4) is 0 Å². The number of alkyl halides is 3. The molecule has 0 radical (unpaired) electrons. The van der Waals surface area contributed by atoms with Crippen LogP contribution >= 0.6 is 11.8 Å². The lowest BCUT2D eigenvalue weighted by Gasteiger charge is -2.24. The highest BCUT2D eigenvalue weighted by atomic mass is 32.2. The van der Waals surface area contributed by atoms with Crippen LogP contribution in [0.5, 0.6) is 0 Å². The standard InChI is InChI=1S/C12H11F3N2O3S/c13-12(14,15)7-10(18)16-5-6-21-11(16)8-1-3-9(4-2-8)17(19)20/h1-4,11H,5-7H2. The van der Waals surface area contributed by atoms with Crippen LogP contribution in [-0.4, -0.2) is 34.2 Å². The fourth-order valence-corrected chi connectivity index (χ4v) is 3.31. The van der Waals surface area contributed by atoms with Crippen molar-refractivity contribution in [3.05, 3.63) is 39.9 Å². The Bertz CT molecular complexity index is 548. The summed E-state index contributed by atoms with van der Waals surface area (Å²) in [7, 11) is 0. The summed E-state index contributed by atoms with van der Waals surface area (Å²) in [6.07, 6.45) is -6.03. The molecule has 21 heavy (non-hydrogen) atoms. The third-order valence-corrected chi connectivity index (χ3v) is 4.21. The van der Waals surface area contributed by atoms with E-state index in [0.717, 1.165) is 0 Å². The first kappa shape index (κ1) is 15.6. The Kier molecular flexibility index (Phi) is 4.40. The van der Waals surface area contributed by atoms with E-state index in [1.807, 2.05) is 0 Å². The van der Waals surface area contributed by atoms with Crippen molar-refractivity contribution in [2.45, 2.75) is 18.0 Å². The first-order valence-corrected chi connectivity index (χ1v) is 7.05. The molecule has 1 aromatic rings. The van der Waals surface area contributed by atoms with E-state index in [-0.39, 0.29) is 12.2 Å². The molecule has 114 valence electrons. The second kappa shape index (κ2) is 5.92. The fraction of sp³-hybridized carbons (Fsp3) is 0.417. The Morgan fingerprint density at radius 3 is 2.52 bits per heavy atom. The van der Waals surface area contributed by atoms with Gasteiger partial charge in [-0.2, -0.15) is 13.2 Å². The minimum Gasteiger partial charge on any atom is -0.325 e. The molecule has 1 aliphatic rings. The minimum atomic E-state index is -4.54. The second-order valence-corrected chi connectivity index (χ2v) is 5.64. The van der Waals surface area contributed by atoms with Crippen LogP contribution < -0.4 is 0 Å². The number of carbonyl (C=O) groups is 1. The zero-order chi connectivity index (χ0) is 15.6. The van der Waals surface area contributed by atoms with Gasteiger partial charge in [-0.25, -0.2) is 0 Å². The van der Waals surface area contributed by atoms with Gasteiger partial charge in [-0.15, -0.1) is 11.8 Å². The summed E-state index contributed by atoms with van der Waals surface area (Å²) < 4.78 is 36.9. The van der Waals surface area contributed by atoms with Gasteiger partial charge in [0.25, 0.3) is 5.69 Å². The van der Waals surface area contributed by atoms with Crippen LogP contribution in [0, 0.1) is 10.1 Å². The van der Waals surface area contributed by atoms with Crippen LogP contribution in [0.15, 0.2) is 24.3 Å². The molecule has 1 aliphatic heterocycles. The second-order valence-electron chi connectivity index (χ2n) is 4.45. The minimum absolute atomic E-state index is 0.102. The highest BCUT2D eigenvalue weighted by Crippen LogP contribution is 2.39. The van der Waals surface area contributed by atoms with Gasteiger partial charge in [0.05, 0.1) is 4.92 Å². The molecule has 1 atom stereocenters. The molecule has 9 heteroatoms. The van der Waals surface area contributed by atoms with Gasteiger partial charge >= 0.3 is 6.18 Å². The molecule has 1 fully saturated rings. The van der Waals surface area contributed by atoms with Crippen LogP contribution in [0.25, 0.3) is 0 Å². The zero-order valence-corrected chi connectivity index (χ0v) is 11.5. The lowest BCUT2D eigenvalue weighted by molar-refractivity contribution is -0.384. The number of thioether (sulfide) groups is 1. The molecule has 1 heterocycles. The van der Waals surface area contributed by atoms with E-state index in [9.17, 15) is 28.1 Å². The van der Waals surface area contributed by atoms with E-state index in [1.54, 1.807) is 0 Å². The quantitative estimate of drug-likeness (QED) is 0.634. The van der Waals surface area contributed by atoms with Crippen molar-refractivity contribution in [1.29, 1.82) is 0 Å². The molecule has 2 rings (SSSR count). The average molecular weight is 320 g/mol. The Labute approximate surface area is 122 Å². The number of hydrogen-bond donors (Lipinski definition) is 0. The number of non-ortho nitro benzene ring substituents is 1. The number of hydrogen-bond acceptors (Lipinski definition) is 4. The number of rotatable bonds is 3. The van der Waals surface area contributed by atoms with E-state index in [0.29, 0.717) is 11.3 Å². The topological polar surface area (TPSA) is 63.5 Å². The first-order chi connectivity index (χ1) is 9.78. The Morgan fingerprint density at radius 2 is 2.00 bits per heavy atom. The van der Waals surface area contributed by atoms with Crippen LogP contribution in [-0.2, 0) is 4.79 Å². The molecule has 0 bridgehead atoms. The molecule has 0 saturated carbocycles. The predicted molar refractivity (Wildman–Crippen MR) is 70.7 cm³/mol. The van der Waals surface area contributed by atoms with Gasteiger partial charge in [-0.05, 0) is 17.7 Å². The molecule has 0 N–H and O–H groups in total. The average Bonchev–Trinajstić information content (AvgIpc) is 2.86. The summed E-state index contributed by atoms with van der Waals surface area (Å²) in [6.45, 7) is 0.237. The molecule has 0 spiro atoms. The maximum atomic E-state index is 12.3. The Balaban J connectivity index is 2.14. The molecule has 1 saturated heterocycles. The van der Waals surface area contributed by atoms with E-state index < -0.39 is 28.8 Å². The zero-order valence-electron chi connectivity index (χ0n) is 10.7. The van der Waals surface area contributed by atoms with Crippen molar-refractivity contribution in [3.63, 3.8) is 0 Å². The van der Waals surface area contributed by atoms with Crippen LogP contribution in [0.1, 0.15) is 17.4 Å². The Hall–Kier alpha value is -1.77. The smallest absolute Gasteiger partial charge is 0.325 e. The van der Waals surface area contributed by atoms with Crippen molar-refractivity contribution < 1.29 is 22.9 Å². The van der Waals surface area contributed by atoms with Gasteiger partial charge < -0.3 is 4.90 Å². The number of nitro benzene ring substituents is 1. The molecular formula is C12H11F3N2O3S. The third kappa shape index (κ3) is 3.87. The van der Waals surface area contributed by atoms with Gasteiger partial charge in [-0.1, -0.05) is 0 Å². The van der Waals surface area contributed by atoms with Crippen LogP contribution in [0.3, 0.4) is 0 Å². The van der Waals surface area contributed by atoms with Gasteiger partial charge in [0, 0.05) is 24.4 Å². The summed E-state index contributed by atoms with van der Waals surface area (Å²) in [5, 5.41) is 10.0. The molecule has 5 nitrogen and oxygen atoms in total. The Morgan fingerprint density at radius 1 is 1.38 bits per heavy atom. The van der Waals surface area contributed by atoms with E-state index in [2.05, 4.69) is 0 Å². The highest BCUT2D eigenvalue weighted by Gasteiger charge is 2.38. The molecular weight excluding hydrogens is 309 g/mol. The van der Waals surface area contributed by atoms with Gasteiger partial charge in [0.2, 0.25) is 5.91 Å². The lowest BCUT2D eigenvalue weighted by atomic mass is 10.2. The normalized spacial score (nSPS) is 18.8. The maximum Gasteiger partial charge on any atom is 0.397 e. The van der Waals surface area contributed by atoms with Crippen molar-refractivity contribution in [2.24, 2.45) is 0 Å². The summed E-state index contributed by atoms with van der Waals surface area (Å²) in [5.41, 5.74) is 0.480. The molecule has 1 unspecified atom stereocenters. The van der Waals surface area contributed by atoms with Crippen molar-refractivity contribution in [1.82, 2.24) is 4.90 Å². The predicted octanol–water partition coefficient (Wildman–Crippen LogP) is 3.12. The van der Waals surface area contributed by atoms with E-state index in [4.69, 9.17) is 0 Å². The van der Waals surface area contributed by atoms with E-state index >= 15 is 0 Å². The van der Waals surface area contributed by atoms with Gasteiger partial charge in [0.1, 0.15) is 11.8 Å². The summed E-state index contributed by atoms with van der Waals surface area (Å²) in [6, 6.07) is 5.49. The molecule has 1 aromatic carbocycles. The van der Waals surface area contributed by atoms with E-state index in [1.165, 1.54) is 40.9 Å². The molecule has 0 aromatic heterocycles. The van der Waals surface area contributed by atoms with Crippen molar-refractivity contribution >= 4 is 23.4 Å². The monoisotopic (exact) mass is 320 g/mol. The first-order valence-electron chi connectivity index (χ1n) is 6.00. The van der Waals surface area contributed by atoms with Crippen LogP contribution in [0.4, 0.5) is 18.9 Å². The molecule has 1 amide bonds. The fourth-order valence-electron chi connectivity index (χ4n) is 2.04. The summed E-state index contributed by atoms with van der Waals surface area (Å²) >= 11 is 1.34. The number of benzene rings is 1. The SMILES string of the molecule is O=C(CC(F)(F)F)N1CCSC1c1ccc([N+](=O)[O-])cc1. The summed E-state index contributed by atoms with van der Waals surface area (Å²) in [4.78, 5) is 22.9. The third-order valence-electron chi connectivity index (χ3n) is 2.95. The van der Waals surface area contributed by atoms with Crippen LogP contribution in [0.2, 0.25) is 0 Å². The highest BCUT2D eigenvalue weighted by molar-refractivity contribution is 7.99. The largest absolute Gasteiger partial charge is 0.397 e. The maximum absolute atomic E-state index is 12.3. The number of amides is 1. The van der Waals surface area contributed by atoms with Gasteiger partial charge in [0.15, 0.2) is 0 Å². The lowest BCUT2D eigenvalue weighted by Crippen LogP contribution is -2.33. The van der Waals surface area contributed by atoms with Gasteiger partial charge in [-0.3, -0.25) is 14.9 Å². The number of carbonyl (C=O) groups excluding carboxylic acids is 1. The van der Waals surface area contributed by atoms with Crippen molar-refractivity contribution in [2.75, 3.05) is 12.3 Å². The number of nitro groups is 1. The number of nitrogens with zero attached hydrogens (tertiary/aromatic N) is 2.